The van der Waals surface area contributed by atoms with Gasteiger partial charge in [0.2, 0.25) is 5.91 Å². The van der Waals surface area contributed by atoms with Gasteiger partial charge in [-0.3, -0.25) is 14.8 Å². The Kier molecular flexibility index (Phi) is 3.79. The Morgan fingerprint density at radius 3 is 2.62 bits per heavy atom. The fourth-order valence-corrected chi connectivity index (χ4v) is 2.26. The smallest absolute Gasteiger partial charge is 0.228 e. The summed E-state index contributed by atoms with van der Waals surface area (Å²) in [7, 11) is 0. The molecule has 0 saturated heterocycles. The van der Waals surface area contributed by atoms with E-state index in [1.54, 1.807) is 24.5 Å². The molecular formula is C16H12ClN3O. The molecule has 0 fully saturated rings. The molecule has 3 rings (SSSR count). The highest BCUT2D eigenvalue weighted by Crippen LogP contribution is 2.18. The van der Waals surface area contributed by atoms with Crippen molar-refractivity contribution in [3.05, 3.63) is 65.4 Å². The predicted octanol–water partition coefficient (Wildman–Crippen LogP) is 3.46. The number of hydrogen-bond acceptors (Lipinski definition) is 3. The number of fused-ring (bicyclic) bond motifs is 1. The maximum atomic E-state index is 12.1. The summed E-state index contributed by atoms with van der Waals surface area (Å²) in [6, 6.07) is 12.7. The van der Waals surface area contributed by atoms with Crippen LogP contribution < -0.4 is 5.32 Å². The van der Waals surface area contributed by atoms with Gasteiger partial charge in [0, 0.05) is 23.1 Å². The van der Waals surface area contributed by atoms with Crippen LogP contribution in [-0.2, 0) is 11.2 Å². The molecular weight excluding hydrogens is 286 g/mol. The van der Waals surface area contributed by atoms with E-state index in [1.165, 1.54) is 0 Å². The van der Waals surface area contributed by atoms with E-state index in [0.717, 1.165) is 16.6 Å². The first-order valence-electron chi connectivity index (χ1n) is 6.46. The number of nitrogens with zero attached hydrogens (tertiary/aromatic N) is 2. The van der Waals surface area contributed by atoms with E-state index in [9.17, 15) is 4.79 Å². The van der Waals surface area contributed by atoms with Gasteiger partial charge in [-0.1, -0.05) is 29.8 Å². The first kappa shape index (κ1) is 13.5. The summed E-state index contributed by atoms with van der Waals surface area (Å²) in [5, 5.41) is 3.44. The Balaban J connectivity index is 1.75. The third kappa shape index (κ3) is 3.17. The Hall–Kier alpha value is -2.46. The molecule has 5 heteroatoms. The SMILES string of the molecule is O=C(Cc1ccccc1Cl)Nc1ccc2nccnc2c1. The van der Waals surface area contributed by atoms with Gasteiger partial charge < -0.3 is 5.32 Å². The average molecular weight is 298 g/mol. The fourth-order valence-electron chi connectivity index (χ4n) is 2.06. The van der Waals surface area contributed by atoms with Crippen molar-refractivity contribution in [2.75, 3.05) is 5.32 Å². The van der Waals surface area contributed by atoms with Crippen molar-refractivity contribution >= 4 is 34.2 Å². The van der Waals surface area contributed by atoms with Crippen molar-refractivity contribution in [2.45, 2.75) is 6.42 Å². The molecule has 0 bridgehead atoms. The molecule has 1 heterocycles. The van der Waals surface area contributed by atoms with E-state index >= 15 is 0 Å². The van der Waals surface area contributed by atoms with Crippen molar-refractivity contribution < 1.29 is 4.79 Å². The third-order valence-electron chi connectivity index (χ3n) is 3.06. The molecule has 0 atom stereocenters. The summed E-state index contributed by atoms with van der Waals surface area (Å²) < 4.78 is 0. The highest BCUT2D eigenvalue weighted by molar-refractivity contribution is 6.31. The van der Waals surface area contributed by atoms with E-state index in [-0.39, 0.29) is 12.3 Å². The molecule has 1 amide bonds. The molecule has 0 unspecified atom stereocenters. The summed E-state index contributed by atoms with van der Waals surface area (Å²) in [6.45, 7) is 0. The standard InChI is InChI=1S/C16H12ClN3O/c17-13-4-2-1-3-11(13)9-16(21)20-12-5-6-14-15(10-12)19-8-7-18-14/h1-8,10H,9H2,(H,20,21). The predicted molar refractivity (Wildman–Crippen MR) is 83.3 cm³/mol. The van der Waals surface area contributed by atoms with E-state index in [1.807, 2.05) is 30.3 Å². The normalized spacial score (nSPS) is 10.5. The van der Waals surface area contributed by atoms with Crippen LogP contribution >= 0.6 is 11.6 Å². The first-order valence-corrected chi connectivity index (χ1v) is 6.84. The van der Waals surface area contributed by atoms with E-state index < -0.39 is 0 Å². The summed E-state index contributed by atoms with van der Waals surface area (Å²) in [5.41, 5.74) is 3.03. The van der Waals surface area contributed by atoms with Crippen LogP contribution in [0.15, 0.2) is 54.9 Å². The number of anilines is 1. The van der Waals surface area contributed by atoms with Crippen LogP contribution in [0.2, 0.25) is 5.02 Å². The molecule has 1 aromatic heterocycles. The summed E-state index contributed by atoms with van der Waals surface area (Å²) >= 11 is 6.05. The van der Waals surface area contributed by atoms with Crippen molar-refractivity contribution in [1.29, 1.82) is 0 Å². The minimum atomic E-state index is -0.119. The highest BCUT2D eigenvalue weighted by Gasteiger charge is 2.07. The van der Waals surface area contributed by atoms with Crippen molar-refractivity contribution in [1.82, 2.24) is 9.97 Å². The second-order valence-corrected chi connectivity index (χ2v) is 4.98. The van der Waals surface area contributed by atoms with E-state index in [0.29, 0.717) is 10.7 Å². The van der Waals surface area contributed by atoms with Crippen LogP contribution in [0.25, 0.3) is 11.0 Å². The molecule has 0 radical (unpaired) electrons. The van der Waals surface area contributed by atoms with Crippen molar-refractivity contribution in [3.63, 3.8) is 0 Å². The molecule has 0 spiro atoms. The summed E-state index contributed by atoms with van der Waals surface area (Å²) in [6.07, 6.45) is 3.49. The molecule has 3 aromatic rings. The van der Waals surface area contributed by atoms with E-state index in [4.69, 9.17) is 11.6 Å². The molecule has 0 aliphatic carbocycles. The van der Waals surface area contributed by atoms with E-state index in [2.05, 4.69) is 15.3 Å². The van der Waals surface area contributed by atoms with Crippen molar-refractivity contribution in [2.24, 2.45) is 0 Å². The first-order chi connectivity index (χ1) is 10.2. The largest absolute Gasteiger partial charge is 0.326 e. The molecule has 21 heavy (non-hydrogen) atoms. The molecule has 4 nitrogen and oxygen atoms in total. The fraction of sp³-hybridized carbons (Fsp3) is 0.0625. The quantitative estimate of drug-likeness (QED) is 0.805. The van der Waals surface area contributed by atoms with Crippen LogP contribution in [0, 0.1) is 0 Å². The molecule has 1 N–H and O–H groups in total. The molecule has 0 aliphatic heterocycles. The van der Waals surface area contributed by atoms with Crippen LogP contribution in [0.4, 0.5) is 5.69 Å². The number of hydrogen-bond donors (Lipinski definition) is 1. The second-order valence-electron chi connectivity index (χ2n) is 4.58. The number of carbonyl (C=O) groups is 1. The summed E-state index contributed by atoms with van der Waals surface area (Å²) in [5.74, 6) is -0.119. The molecule has 0 aliphatic rings. The Morgan fingerprint density at radius 1 is 1.05 bits per heavy atom. The van der Waals surface area contributed by atoms with Crippen molar-refractivity contribution in [3.8, 4) is 0 Å². The van der Waals surface area contributed by atoms with Gasteiger partial charge in [-0.25, -0.2) is 0 Å². The van der Waals surface area contributed by atoms with Gasteiger partial charge in [-0.05, 0) is 29.8 Å². The maximum Gasteiger partial charge on any atom is 0.228 e. The summed E-state index contributed by atoms with van der Waals surface area (Å²) in [4.78, 5) is 20.5. The average Bonchev–Trinajstić information content (AvgIpc) is 2.49. The maximum absolute atomic E-state index is 12.1. The van der Waals surface area contributed by atoms with Crippen LogP contribution in [-0.4, -0.2) is 15.9 Å². The van der Waals surface area contributed by atoms with Gasteiger partial charge in [-0.2, -0.15) is 0 Å². The number of aromatic nitrogens is 2. The number of benzene rings is 2. The Labute approximate surface area is 126 Å². The third-order valence-corrected chi connectivity index (χ3v) is 3.43. The number of amides is 1. The lowest BCUT2D eigenvalue weighted by Crippen LogP contribution is -2.14. The number of nitrogens with one attached hydrogen (secondary N) is 1. The zero-order valence-corrected chi connectivity index (χ0v) is 11.8. The Bertz CT molecular complexity index is 804. The molecule has 2 aromatic carbocycles. The van der Waals surface area contributed by atoms with Gasteiger partial charge >= 0.3 is 0 Å². The van der Waals surface area contributed by atoms with Gasteiger partial charge in [-0.15, -0.1) is 0 Å². The minimum Gasteiger partial charge on any atom is -0.326 e. The zero-order chi connectivity index (χ0) is 14.7. The lowest BCUT2D eigenvalue weighted by molar-refractivity contribution is -0.115. The highest BCUT2D eigenvalue weighted by atomic mass is 35.5. The van der Waals surface area contributed by atoms with Gasteiger partial charge in [0.25, 0.3) is 0 Å². The lowest BCUT2D eigenvalue weighted by atomic mass is 10.1. The monoisotopic (exact) mass is 297 g/mol. The van der Waals surface area contributed by atoms with Gasteiger partial charge in [0.15, 0.2) is 0 Å². The Morgan fingerprint density at radius 2 is 1.81 bits per heavy atom. The van der Waals surface area contributed by atoms with Crippen LogP contribution in [0.3, 0.4) is 0 Å². The van der Waals surface area contributed by atoms with Crippen LogP contribution in [0.5, 0.6) is 0 Å². The lowest BCUT2D eigenvalue weighted by Gasteiger charge is -2.07. The van der Waals surface area contributed by atoms with Gasteiger partial charge in [0.05, 0.1) is 17.5 Å². The number of rotatable bonds is 3. The second kappa shape index (κ2) is 5.89. The molecule has 104 valence electrons. The number of halogens is 1. The number of carbonyl (C=O) groups excluding carboxylic acids is 1. The topological polar surface area (TPSA) is 54.9 Å². The zero-order valence-electron chi connectivity index (χ0n) is 11.1. The van der Waals surface area contributed by atoms with Crippen LogP contribution in [0.1, 0.15) is 5.56 Å². The van der Waals surface area contributed by atoms with Gasteiger partial charge in [0.1, 0.15) is 0 Å². The molecule has 0 saturated carbocycles. The minimum absolute atomic E-state index is 0.119.